The molecular formula is C27H29Cl2N3O6S. The summed E-state index contributed by atoms with van der Waals surface area (Å²) >= 11 is 12.7. The molecule has 0 radical (unpaired) electrons. The van der Waals surface area contributed by atoms with Gasteiger partial charge in [-0.1, -0.05) is 47.5 Å². The fourth-order valence-electron chi connectivity index (χ4n) is 3.87. The topological polar surface area (TPSA) is 105 Å². The first-order valence-electron chi connectivity index (χ1n) is 11.8. The van der Waals surface area contributed by atoms with Crippen LogP contribution in [0.1, 0.15) is 12.5 Å². The lowest BCUT2D eigenvalue weighted by atomic mass is 10.1. The molecule has 0 aromatic heterocycles. The van der Waals surface area contributed by atoms with Gasteiger partial charge in [0.05, 0.1) is 24.8 Å². The van der Waals surface area contributed by atoms with Gasteiger partial charge in [0.25, 0.3) is 10.0 Å². The molecule has 1 unspecified atom stereocenters. The van der Waals surface area contributed by atoms with Gasteiger partial charge in [0.15, 0.2) is 11.5 Å². The molecule has 208 valence electrons. The summed E-state index contributed by atoms with van der Waals surface area (Å²) in [6, 6.07) is 16.2. The third-order valence-electron chi connectivity index (χ3n) is 6.07. The van der Waals surface area contributed by atoms with E-state index in [0.29, 0.717) is 21.4 Å². The van der Waals surface area contributed by atoms with Crippen molar-refractivity contribution in [3.05, 3.63) is 82.3 Å². The molecule has 2 amide bonds. The summed E-state index contributed by atoms with van der Waals surface area (Å²) in [5.74, 6) is -0.450. The molecule has 39 heavy (non-hydrogen) atoms. The summed E-state index contributed by atoms with van der Waals surface area (Å²) in [5.41, 5.74) is 0.585. The van der Waals surface area contributed by atoms with Crippen LogP contribution in [0.4, 0.5) is 5.69 Å². The molecule has 0 aliphatic rings. The van der Waals surface area contributed by atoms with Gasteiger partial charge in [-0.25, -0.2) is 8.42 Å². The normalized spacial score (nSPS) is 11.8. The molecule has 0 heterocycles. The van der Waals surface area contributed by atoms with Crippen LogP contribution in [-0.2, 0) is 26.2 Å². The molecule has 0 fully saturated rings. The summed E-state index contributed by atoms with van der Waals surface area (Å²) in [6.45, 7) is 0.779. The monoisotopic (exact) mass is 593 g/mol. The van der Waals surface area contributed by atoms with Gasteiger partial charge in [-0.05, 0) is 43.3 Å². The molecule has 1 N–H and O–H groups in total. The fourth-order valence-corrected chi connectivity index (χ4v) is 5.82. The molecule has 0 saturated heterocycles. The van der Waals surface area contributed by atoms with Crippen molar-refractivity contribution in [2.75, 3.05) is 32.1 Å². The van der Waals surface area contributed by atoms with Crippen LogP contribution in [0, 0.1) is 0 Å². The Morgan fingerprint density at radius 3 is 2.10 bits per heavy atom. The number of rotatable bonds is 11. The predicted molar refractivity (Wildman–Crippen MR) is 151 cm³/mol. The molecule has 12 heteroatoms. The Labute approximate surface area is 238 Å². The van der Waals surface area contributed by atoms with Crippen LogP contribution in [0.5, 0.6) is 11.5 Å². The highest BCUT2D eigenvalue weighted by Crippen LogP contribution is 2.34. The van der Waals surface area contributed by atoms with Gasteiger partial charge in [0, 0.05) is 35.3 Å². The van der Waals surface area contributed by atoms with E-state index in [9.17, 15) is 18.0 Å². The van der Waals surface area contributed by atoms with E-state index in [4.69, 9.17) is 32.7 Å². The number of carbonyl (C=O) groups is 2. The third-order valence-corrected chi connectivity index (χ3v) is 8.57. The van der Waals surface area contributed by atoms with Crippen LogP contribution < -0.4 is 19.1 Å². The average Bonchev–Trinajstić information content (AvgIpc) is 2.94. The lowest BCUT2D eigenvalue weighted by molar-refractivity contribution is -0.139. The zero-order chi connectivity index (χ0) is 28.7. The molecular weight excluding hydrogens is 565 g/mol. The van der Waals surface area contributed by atoms with Gasteiger partial charge < -0.3 is 19.7 Å². The van der Waals surface area contributed by atoms with Crippen molar-refractivity contribution >= 4 is 50.7 Å². The summed E-state index contributed by atoms with van der Waals surface area (Å²) in [7, 11) is 0.0884. The van der Waals surface area contributed by atoms with Crippen LogP contribution in [-0.4, -0.2) is 59.0 Å². The Bertz CT molecular complexity index is 1420. The maximum Gasteiger partial charge on any atom is 0.264 e. The van der Waals surface area contributed by atoms with Crippen LogP contribution >= 0.6 is 23.2 Å². The number of sulfonamides is 1. The highest BCUT2D eigenvalue weighted by atomic mass is 35.5. The molecule has 3 aromatic rings. The van der Waals surface area contributed by atoms with Crippen LogP contribution in [0.25, 0.3) is 0 Å². The van der Waals surface area contributed by atoms with E-state index in [1.165, 1.54) is 57.4 Å². The Balaban J connectivity index is 2.11. The molecule has 1 atom stereocenters. The Hall–Kier alpha value is -3.47. The Kier molecular flexibility index (Phi) is 10.1. The number of benzene rings is 3. The SMILES string of the molecule is CNC(=O)C(C)N(Cc1c(Cl)cccc1Cl)C(=O)CN(c1ccc(OC)c(OC)c1)S(=O)(=O)c1ccccc1. The molecule has 0 aliphatic heterocycles. The quantitative estimate of drug-likeness (QED) is 0.354. The number of likely N-dealkylation sites (N-methyl/N-ethyl adjacent to an activating group) is 1. The zero-order valence-electron chi connectivity index (χ0n) is 21.9. The number of nitrogens with one attached hydrogen (secondary N) is 1. The van der Waals surface area contributed by atoms with Gasteiger partial charge in [-0.2, -0.15) is 0 Å². The minimum Gasteiger partial charge on any atom is -0.493 e. The molecule has 9 nitrogen and oxygen atoms in total. The molecule has 3 aromatic carbocycles. The number of halogens is 2. The van der Waals surface area contributed by atoms with Gasteiger partial charge in [-0.3, -0.25) is 13.9 Å². The lowest BCUT2D eigenvalue weighted by Crippen LogP contribution is -2.50. The Morgan fingerprint density at radius 1 is 0.923 bits per heavy atom. The van der Waals surface area contributed by atoms with E-state index in [1.807, 2.05) is 0 Å². The van der Waals surface area contributed by atoms with Crippen molar-refractivity contribution in [3.63, 3.8) is 0 Å². The number of carbonyl (C=O) groups excluding carboxylic acids is 2. The van der Waals surface area contributed by atoms with E-state index < -0.39 is 34.4 Å². The van der Waals surface area contributed by atoms with Gasteiger partial charge in [-0.15, -0.1) is 0 Å². The summed E-state index contributed by atoms with van der Waals surface area (Å²) in [6.07, 6.45) is 0. The van der Waals surface area contributed by atoms with Crippen molar-refractivity contribution in [3.8, 4) is 11.5 Å². The molecule has 0 spiro atoms. The summed E-state index contributed by atoms with van der Waals surface area (Å²) in [5, 5.41) is 3.13. The van der Waals surface area contributed by atoms with E-state index in [0.717, 1.165) is 4.31 Å². The largest absolute Gasteiger partial charge is 0.493 e. The van der Waals surface area contributed by atoms with Crippen LogP contribution in [0.15, 0.2) is 71.6 Å². The maximum absolute atomic E-state index is 13.9. The van der Waals surface area contributed by atoms with Gasteiger partial charge in [0.1, 0.15) is 12.6 Å². The predicted octanol–water partition coefficient (Wildman–Crippen LogP) is 4.37. The van der Waals surface area contributed by atoms with E-state index in [1.54, 1.807) is 42.5 Å². The number of amides is 2. The first-order chi connectivity index (χ1) is 18.5. The Morgan fingerprint density at radius 2 is 1.54 bits per heavy atom. The highest BCUT2D eigenvalue weighted by Gasteiger charge is 2.33. The second-order valence-electron chi connectivity index (χ2n) is 8.38. The molecule has 0 aliphatic carbocycles. The van der Waals surface area contributed by atoms with Crippen LogP contribution in [0.2, 0.25) is 10.0 Å². The molecule has 0 saturated carbocycles. The number of ether oxygens (including phenoxy) is 2. The van der Waals surface area contributed by atoms with Crippen LogP contribution in [0.3, 0.4) is 0 Å². The number of nitrogens with zero attached hydrogens (tertiary/aromatic N) is 2. The standard InChI is InChI=1S/C27H29Cl2N3O6S/c1-18(27(34)30-2)31(16-21-22(28)11-8-12-23(21)29)26(33)17-32(39(35,36)20-9-6-5-7-10-20)19-13-14-24(37-3)25(15-19)38-4/h5-15,18H,16-17H2,1-4H3,(H,30,34). The second-order valence-corrected chi connectivity index (χ2v) is 11.1. The smallest absolute Gasteiger partial charge is 0.264 e. The average molecular weight is 595 g/mol. The minimum absolute atomic E-state index is 0.0207. The van der Waals surface area contributed by atoms with Crippen molar-refractivity contribution in [2.45, 2.75) is 24.4 Å². The number of hydrogen-bond donors (Lipinski definition) is 1. The first kappa shape index (κ1) is 30.1. The van der Waals surface area contributed by atoms with Crippen molar-refractivity contribution in [2.24, 2.45) is 0 Å². The second kappa shape index (κ2) is 13.1. The zero-order valence-corrected chi connectivity index (χ0v) is 24.2. The lowest BCUT2D eigenvalue weighted by Gasteiger charge is -2.32. The minimum atomic E-state index is -4.23. The van der Waals surface area contributed by atoms with Gasteiger partial charge in [0.2, 0.25) is 11.8 Å². The van der Waals surface area contributed by atoms with Crippen molar-refractivity contribution in [1.82, 2.24) is 10.2 Å². The summed E-state index contributed by atoms with van der Waals surface area (Å²) < 4.78 is 39.3. The van der Waals surface area contributed by atoms with E-state index in [-0.39, 0.29) is 22.9 Å². The van der Waals surface area contributed by atoms with Crippen molar-refractivity contribution < 1.29 is 27.5 Å². The molecule has 0 bridgehead atoms. The maximum atomic E-state index is 13.9. The number of hydrogen-bond acceptors (Lipinski definition) is 6. The van der Waals surface area contributed by atoms with E-state index in [2.05, 4.69) is 5.32 Å². The van der Waals surface area contributed by atoms with Gasteiger partial charge >= 0.3 is 0 Å². The number of anilines is 1. The van der Waals surface area contributed by atoms with Crippen molar-refractivity contribution in [1.29, 1.82) is 0 Å². The molecule has 3 rings (SSSR count). The number of methoxy groups -OCH3 is 2. The van der Waals surface area contributed by atoms with E-state index >= 15 is 0 Å². The highest BCUT2D eigenvalue weighted by molar-refractivity contribution is 7.92. The summed E-state index contributed by atoms with van der Waals surface area (Å²) in [4.78, 5) is 27.7. The fraction of sp³-hybridized carbons (Fsp3) is 0.259. The third kappa shape index (κ3) is 6.76. The first-order valence-corrected chi connectivity index (χ1v) is 14.0.